The van der Waals surface area contributed by atoms with Gasteiger partial charge in [0.2, 0.25) is 5.95 Å². The molecule has 3 rings (SSSR count). The molecular formula is C13H21ClN4O. The van der Waals surface area contributed by atoms with Crippen molar-refractivity contribution in [1.29, 1.82) is 0 Å². The van der Waals surface area contributed by atoms with Crippen molar-refractivity contribution in [2.75, 3.05) is 31.2 Å². The van der Waals surface area contributed by atoms with Crippen molar-refractivity contribution in [3.05, 3.63) is 17.0 Å². The average molecular weight is 285 g/mol. The molecule has 5 nitrogen and oxygen atoms in total. The molecule has 0 radical (unpaired) electrons. The molecule has 2 N–H and O–H groups in total. The van der Waals surface area contributed by atoms with Crippen LogP contribution in [-0.4, -0.2) is 36.3 Å². The molecule has 1 fully saturated rings. The van der Waals surface area contributed by atoms with E-state index in [-0.39, 0.29) is 12.4 Å². The Hall–Kier alpha value is -0.910. The first-order valence-electron chi connectivity index (χ1n) is 6.80. The number of aryl methyl sites for hydroxylation is 1. The topological polar surface area (TPSA) is 64.3 Å². The number of nitrogens with two attached hydrogens (primary N) is 1. The van der Waals surface area contributed by atoms with Gasteiger partial charge in [-0.2, -0.15) is 0 Å². The number of aromatic nitrogens is 2. The molecule has 0 aromatic carbocycles. The van der Waals surface area contributed by atoms with E-state index in [1.54, 1.807) is 0 Å². The van der Waals surface area contributed by atoms with Crippen LogP contribution < -0.4 is 10.6 Å². The molecular weight excluding hydrogens is 264 g/mol. The summed E-state index contributed by atoms with van der Waals surface area (Å²) in [7, 11) is 0. The number of morpholine rings is 1. The third-order valence-corrected chi connectivity index (χ3v) is 3.74. The van der Waals surface area contributed by atoms with Gasteiger partial charge in [0.1, 0.15) is 0 Å². The van der Waals surface area contributed by atoms with Crippen molar-refractivity contribution >= 4 is 18.4 Å². The number of halogens is 1. The van der Waals surface area contributed by atoms with Gasteiger partial charge in [0.05, 0.1) is 18.9 Å². The van der Waals surface area contributed by atoms with E-state index in [9.17, 15) is 0 Å². The van der Waals surface area contributed by atoms with Crippen LogP contribution in [-0.2, 0) is 24.1 Å². The minimum absolute atomic E-state index is 0. The Kier molecular flexibility index (Phi) is 4.96. The van der Waals surface area contributed by atoms with Crippen LogP contribution in [0.1, 0.15) is 29.8 Å². The lowest BCUT2D eigenvalue weighted by Crippen LogP contribution is -2.38. The molecule has 1 aromatic rings. The Morgan fingerprint density at radius 3 is 2.58 bits per heavy atom. The first-order valence-corrected chi connectivity index (χ1v) is 6.80. The zero-order chi connectivity index (χ0) is 12.4. The van der Waals surface area contributed by atoms with Gasteiger partial charge in [-0.25, -0.2) is 9.97 Å². The number of hydrogen-bond acceptors (Lipinski definition) is 5. The predicted molar refractivity (Wildman–Crippen MR) is 76.8 cm³/mol. The van der Waals surface area contributed by atoms with E-state index >= 15 is 0 Å². The molecule has 0 saturated carbocycles. The van der Waals surface area contributed by atoms with Crippen LogP contribution in [0.4, 0.5) is 5.95 Å². The van der Waals surface area contributed by atoms with E-state index < -0.39 is 0 Å². The van der Waals surface area contributed by atoms with Crippen molar-refractivity contribution in [3.63, 3.8) is 0 Å². The number of fused-ring (bicyclic) bond motifs is 1. The second-order valence-electron chi connectivity index (χ2n) is 4.91. The molecule has 1 aliphatic carbocycles. The SMILES string of the molecule is Cl.NCc1nc(N2CCOCC2)nc2c1CCCC2. The molecule has 1 aliphatic heterocycles. The summed E-state index contributed by atoms with van der Waals surface area (Å²) < 4.78 is 5.37. The molecule has 1 saturated heterocycles. The van der Waals surface area contributed by atoms with Crippen molar-refractivity contribution in [3.8, 4) is 0 Å². The van der Waals surface area contributed by atoms with Gasteiger partial charge in [-0.05, 0) is 31.2 Å². The number of rotatable bonds is 2. The molecule has 0 unspecified atom stereocenters. The van der Waals surface area contributed by atoms with Crippen LogP contribution in [0.2, 0.25) is 0 Å². The summed E-state index contributed by atoms with van der Waals surface area (Å²) in [5.41, 5.74) is 9.41. The van der Waals surface area contributed by atoms with Crippen LogP contribution in [0, 0.1) is 0 Å². The van der Waals surface area contributed by atoms with Gasteiger partial charge in [0.25, 0.3) is 0 Å². The molecule has 2 heterocycles. The highest BCUT2D eigenvalue weighted by Crippen LogP contribution is 2.24. The summed E-state index contributed by atoms with van der Waals surface area (Å²) in [5.74, 6) is 0.847. The molecule has 0 bridgehead atoms. The number of hydrogen-bond donors (Lipinski definition) is 1. The molecule has 0 spiro atoms. The molecule has 6 heteroatoms. The first kappa shape index (κ1) is 14.5. The standard InChI is InChI=1S/C13H20N4O.ClH/c14-9-12-10-3-1-2-4-11(10)15-13(16-12)17-5-7-18-8-6-17;/h1-9,14H2;1H. The van der Waals surface area contributed by atoms with Gasteiger partial charge in [0, 0.05) is 25.3 Å². The highest BCUT2D eigenvalue weighted by molar-refractivity contribution is 5.85. The van der Waals surface area contributed by atoms with Gasteiger partial charge in [-0.3, -0.25) is 0 Å². The van der Waals surface area contributed by atoms with E-state index in [4.69, 9.17) is 15.5 Å². The Morgan fingerprint density at radius 2 is 1.84 bits per heavy atom. The van der Waals surface area contributed by atoms with Crippen molar-refractivity contribution < 1.29 is 4.74 Å². The van der Waals surface area contributed by atoms with Crippen LogP contribution in [0.5, 0.6) is 0 Å². The van der Waals surface area contributed by atoms with E-state index in [2.05, 4.69) is 9.88 Å². The van der Waals surface area contributed by atoms with Gasteiger partial charge < -0.3 is 15.4 Å². The number of ether oxygens (including phenoxy) is 1. The van der Waals surface area contributed by atoms with Gasteiger partial charge in [-0.1, -0.05) is 0 Å². The minimum atomic E-state index is 0. The highest BCUT2D eigenvalue weighted by Gasteiger charge is 2.20. The summed E-state index contributed by atoms with van der Waals surface area (Å²) in [5, 5.41) is 0. The van der Waals surface area contributed by atoms with Crippen LogP contribution in [0.3, 0.4) is 0 Å². The van der Waals surface area contributed by atoms with E-state index in [1.165, 1.54) is 24.1 Å². The maximum atomic E-state index is 5.84. The maximum Gasteiger partial charge on any atom is 0.226 e. The molecule has 0 atom stereocenters. The lowest BCUT2D eigenvalue weighted by atomic mass is 9.94. The lowest BCUT2D eigenvalue weighted by Gasteiger charge is -2.28. The molecule has 106 valence electrons. The first-order chi connectivity index (χ1) is 8.88. The molecule has 1 aromatic heterocycles. The zero-order valence-electron chi connectivity index (χ0n) is 11.1. The van der Waals surface area contributed by atoms with Gasteiger partial charge >= 0.3 is 0 Å². The van der Waals surface area contributed by atoms with Crippen LogP contribution >= 0.6 is 12.4 Å². The minimum Gasteiger partial charge on any atom is -0.378 e. The summed E-state index contributed by atoms with van der Waals surface area (Å²) >= 11 is 0. The van der Waals surface area contributed by atoms with Crippen LogP contribution in [0.15, 0.2) is 0 Å². The van der Waals surface area contributed by atoms with Crippen molar-refractivity contribution in [1.82, 2.24) is 9.97 Å². The van der Waals surface area contributed by atoms with Gasteiger partial charge in [-0.15, -0.1) is 12.4 Å². The largest absolute Gasteiger partial charge is 0.378 e. The Balaban J connectivity index is 0.00000133. The molecule has 19 heavy (non-hydrogen) atoms. The monoisotopic (exact) mass is 284 g/mol. The Bertz CT molecular complexity index is 418. The summed E-state index contributed by atoms with van der Waals surface area (Å²) in [6, 6.07) is 0. The molecule has 2 aliphatic rings. The zero-order valence-corrected chi connectivity index (χ0v) is 11.9. The summed E-state index contributed by atoms with van der Waals surface area (Å²) in [6.45, 7) is 3.80. The van der Waals surface area contributed by atoms with E-state index in [1.807, 2.05) is 0 Å². The third kappa shape index (κ3) is 2.99. The third-order valence-electron chi connectivity index (χ3n) is 3.74. The van der Waals surface area contributed by atoms with E-state index in [0.717, 1.165) is 50.8 Å². The fourth-order valence-corrected chi connectivity index (χ4v) is 2.73. The van der Waals surface area contributed by atoms with E-state index in [0.29, 0.717) is 6.54 Å². The quantitative estimate of drug-likeness (QED) is 0.880. The summed E-state index contributed by atoms with van der Waals surface area (Å²) in [4.78, 5) is 11.6. The highest BCUT2D eigenvalue weighted by atomic mass is 35.5. The fourth-order valence-electron chi connectivity index (χ4n) is 2.73. The second-order valence-corrected chi connectivity index (χ2v) is 4.91. The number of anilines is 1. The number of nitrogens with zero attached hydrogens (tertiary/aromatic N) is 3. The normalized spacial score (nSPS) is 18.7. The Labute approximate surface area is 120 Å². The Morgan fingerprint density at radius 1 is 1.11 bits per heavy atom. The predicted octanol–water partition coefficient (Wildman–Crippen LogP) is 1.07. The summed E-state index contributed by atoms with van der Waals surface area (Å²) in [6.07, 6.45) is 4.63. The van der Waals surface area contributed by atoms with Crippen molar-refractivity contribution in [2.24, 2.45) is 5.73 Å². The lowest BCUT2D eigenvalue weighted by molar-refractivity contribution is 0.122. The second kappa shape index (κ2) is 6.50. The van der Waals surface area contributed by atoms with Crippen LogP contribution in [0.25, 0.3) is 0 Å². The average Bonchev–Trinajstić information content (AvgIpc) is 2.47. The molecule has 0 amide bonds. The smallest absolute Gasteiger partial charge is 0.226 e. The van der Waals surface area contributed by atoms with Gasteiger partial charge in [0.15, 0.2) is 0 Å². The maximum absolute atomic E-state index is 5.84. The van der Waals surface area contributed by atoms with Crippen molar-refractivity contribution in [2.45, 2.75) is 32.2 Å². The fraction of sp³-hybridized carbons (Fsp3) is 0.692.